The lowest BCUT2D eigenvalue weighted by molar-refractivity contribution is -0.137. The van der Waals surface area contributed by atoms with Gasteiger partial charge in [-0.05, 0) is 78.1 Å². The van der Waals surface area contributed by atoms with E-state index in [-0.39, 0.29) is 25.8 Å². The molecule has 0 bridgehead atoms. The van der Waals surface area contributed by atoms with Crippen molar-refractivity contribution >= 4 is 17.5 Å². The van der Waals surface area contributed by atoms with Gasteiger partial charge in [0, 0.05) is 23.2 Å². The van der Waals surface area contributed by atoms with Crippen LogP contribution in [0.5, 0.6) is 0 Å². The summed E-state index contributed by atoms with van der Waals surface area (Å²) < 4.78 is 42.1. The van der Waals surface area contributed by atoms with E-state index in [4.69, 9.17) is 5.73 Å². The average Bonchev–Trinajstić information content (AvgIpc) is 3.44. The van der Waals surface area contributed by atoms with E-state index in [2.05, 4.69) is 20.8 Å². The second-order valence-electron chi connectivity index (χ2n) is 11.1. The molecule has 0 aliphatic carbocycles. The number of tetrazole rings is 1. The Bertz CT molecular complexity index is 1580. The molecule has 2 amide bonds. The van der Waals surface area contributed by atoms with Gasteiger partial charge in [0.1, 0.15) is 12.4 Å². The van der Waals surface area contributed by atoms with Crippen molar-refractivity contribution in [2.75, 3.05) is 4.90 Å². The van der Waals surface area contributed by atoms with Crippen LogP contribution in [0.1, 0.15) is 43.4 Å². The molecule has 3 aromatic carbocycles. The number of anilines is 1. The van der Waals surface area contributed by atoms with Crippen LogP contribution < -0.4 is 16.0 Å². The average molecular weight is 578 g/mol. The molecule has 1 aliphatic heterocycles. The van der Waals surface area contributed by atoms with Gasteiger partial charge in [-0.25, -0.2) is 0 Å². The molecule has 1 atom stereocenters. The molecular formula is C30H30F3N7O2. The van der Waals surface area contributed by atoms with Gasteiger partial charge in [0.05, 0.1) is 17.8 Å². The number of carbonyl (C=O) groups is 2. The van der Waals surface area contributed by atoms with E-state index in [1.54, 1.807) is 18.5 Å². The summed E-state index contributed by atoms with van der Waals surface area (Å²) in [6.45, 7) is 3.50. The van der Waals surface area contributed by atoms with Crippen LogP contribution in [0, 0.1) is 0 Å². The molecule has 3 N–H and O–H groups in total. The number of nitrogens with two attached hydrogens (primary N) is 1. The molecule has 0 saturated heterocycles. The fourth-order valence-electron chi connectivity index (χ4n) is 5.07. The minimum Gasteiger partial charge on any atom is -0.344 e. The van der Waals surface area contributed by atoms with Gasteiger partial charge in [-0.15, -0.1) is 5.10 Å². The normalized spacial score (nSPS) is 15.7. The van der Waals surface area contributed by atoms with Gasteiger partial charge in [0.25, 0.3) is 0 Å². The van der Waals surface area contributed by atoms with Gasteiger partial charge in [0.2, 0.25) is 11.8 Å². The number of hydrogen-bond acceptors (Lipinski definition) is 6. The molecule has 0 saturated carbocycles. The van der Waals surface area contributed by atoms with E-state index in [1.807, 2.05) is 48.5 Å². The number of nitrogens with zero attached hydrogens (tertiary/aromatic N) is 5. The molecule has 0 radical (unpaired) electrons. The Hall–Kier alpha value is -4.58. The molecule has 1 aliphatic rings. The number of rotatable bonds is 7. The first-order valence-corrected chi connectivity index (χ1v) is 13.4. The maximum absolute atomic E-state index is 13.8. The Kier molecular flexibility index (Phi) is 7.83. The maximum atomic E-state index is 13.8. The SMILES string of the molecule is CC(C)(N)CC(=O)NC1CCc2cc(C(F)(F)F)ccc2N(Cc2ccc(-c3ccccc3-n3cnnn3)cc2)C1=O. The number of para-hydroxylation sites is 1. The molecule has 4 aromatic rings. The van der Waals surface area contributed by atoms with Crippen molar-refractivity contribution in [1.29, 1.82) is 0 Å². The Morgan fingerprint density at radius 3 is 2.45 bits per heavy atom. The van der Waals surface area contributed by atoms with Crippen molar-refractivity contribution in [3.63, 3.8) is 0 Å². The van der Waals surface area contributed by atoms with Crippen LogP contribution in [0.4, 0.5) is 18.9 Å². The Morgan fingerprint density at radius 1 is 1.05 bits per heavy atom. The second-order valence-corrected chi connectivity index (χ2v) is 11.1. The highest BCUT2D eigenvalue weighted by Crippen LogP contribution is 2.36. The molecule has 1 aromatic heterocycles. The number of halogens is 3. The molecule has 5 rings (SSSR count). The number of aryl methyl sites for hydroxylation is 1. The summed E-state index contributed by atoms with van der Waals surface area (Å²) in [7, 11) is 0. The third kappa shape index (κ3) is 6.49. The van der Waals surface area contributed by atoms with Crippen molar-refractivity contribution in [2.45, 2.75) is 57.4 Å². The van der Waals surface area contributed by atoms with Gasteiger partial charge < -0.3 is 16.0 Å². The summed E-state index contributed by atoms with van der Waals surface area (Å²) in [6.07, 6.45) is -2.68. The minimum absolute atomic E-state index is 0.00442. The van der Waals surface area contributed by atoms with Crippen LogP contribution in [-0.4, -0.2) is 43.6 Å². The standard InChI is InChI=1S/C30H30F3N7O2/c1-29(2,34)16-27(41)36-24-13-11-21-15-22(30(31,32)33)12-14-25(21)39(28(24)42)17-19-7-9-20(10-8-19)23-5-3-4-6-26(23)40-18-35-37-38-40/h3-10,12,14-15,18,24H,11,13,16-17,34H2,1-2H3,(H,36,41). The van der Waals surface area contributed by atoms with E-state index in [0.29, 0.717) is 11.3 Å². The zero-order valence-corrected chi connectivity index (χ0v) is 23.1. The second kappa shape index (κ2) is 11.4. The third-order valence-corrected chi connectivity index (χ3v) is 7.02. The van der Waals surface area contributed by atoms with Crippen molar-refractivity contribution < 1.29 is 22.8 Å². The zero-order chi connectivity index (χ0) is 30.1. The number of fused-ring (bicyclic) bond motifs is 1. The number of amides is 2. The van der Waals surface area contributed by atoms with E-state index in [1.165, 1.54) is 17.3 Å². The number of alkyl halides is 3. The molecule has 0 fully saturated rings. The summed E-state index contributed by atoms with van der Waals surface area (Å²) in [6, 6.07) is 17.6. The topological polar surface area (TPSA) is 119 Å². The van der Waals surface area contributed by atoms with Crippen LogP contribution >= 0.6 is 0 Å². The Labute approximate surface area is 240 Å². The zero-order valence-electron chi connectivity index (χ0n) is 23.1. The van der Waals surface area contributed by atoms with E-state index < -0.39 is 35.1 Å². The van der Waals surface area contributed by atoms with Gasteiger partial charge in [-0.1, -0.05) is 42.5 Å². The lowest BCUT2D eigenvalue weighted by Gasteiger charge is -2.27. The van der Waals surface area contributed by atoms with Crippen molar-refractivity contribution in [1.82, 2.24) is 25.5 Å². The first-order valence-electron chi connectivity index (χ1n) is 13.4. The fraction of sp³-hybridized carbons (Fsp3) is 0.300. The van der Waals surface area contributed by atoms with E-state index in [9.17, 15) is 22.8 Å². The first-order chi connectivity index (χ1) is 19.9. The van der Waals surface area contributed by atoms with Gasteiger partial charge in [0.15, 0.2) is 0 Å². The molecule has 218 valence electrons. The lowest BCUT2D eigenvalue weighted by Crippen LogP contribution is -2.49. The lowest BCUT2D eigenvalue weighted by atomic mass is 10.0. The minimum atomic E-state index is -4.52. The number of carbonyl (C=O) groups excluding carboxylic acids is 2. The number of nitrogens with one attached hydrogen (secondary N) is 1. The largest absolute Gasteiger partial charge is 0.416 e. The van der Waals surface area contributed by atoms with Crippen LogP contribution in [-0.2, 0) is 28.7 Å². The van der Waals surface area contributed by atoms with E-state index in [0.717, 1.165) is 34.5 Å². The van der Waals surface area contributed by atoms with Crippen molar-refractivity contribution in [3.05, 3.63) is 89.7 Å². The third-order valence-electron chi connectivity index (χ3n) is 7.02. The van der Waals surface area contributed by atoms with Gasteiger partial charge in [-0.2, -0.15) is 17.9 Å². The fourth-order valence-corrected chi connectivity index (χ4v) is 5.07. The summed E-state index contributed by atoms with van der Waals surface area (Å²) in [5, 5.41) is 14.2. The molecule has 0 spiro atoms. The van der Waals surface area contributed by atoms with Crippen LogP contribution in [0.3, 0.4) is 0 Å². The molecule has 9 nitrogen and oxygen atoms in total. The van der Waals surface area contributed by atoms with Crippen LogP contribution in [0.15, 0.2) is 73.1 Å². The predicted molar refractivity (Wildman–Crippen MR) is 150 cm³/mol. The Morgan fingerprint density at radius 2 is 1.79 bits per heavy atom. The molecule has 1 unspecified atom stereocenters. The van der Waals surface area contributed by atoms with Crippen LogP contribution in [0.2, 0.25) is 0 Å². The van der Waals surface area contributed by atoms with E-state index >= 15 is 0 Å². The molecule has 2 heterocycles. The van der Waals surface area contributed by atoms with Gasteiger partial charge in [-0.3, -0.25) is 9.59 Å². The van der Waals surface area contributed by atoms with Crippen molar-refractivity contribution in [2.24, 2.45) is 5.73 Å². The maximum Gasteiger partial charge on any atom is 0.416 e. The van der Waals surface area contributed by atoms with Crippen molar-refractivity contribution in [3.8, 4) is 16.8 Å². The highest BCUT2D eigenvalue weighted by Gasteiger charge is 2.35. The summed E-state index contributed by atoms with van der Waals surface area (Å²) in [5.41, 5.74) is 8.50. The highest BCUT2D eigenvalue weighted by atomic mass is 19.4. The Balaban J connectivity index is 1.45. The molecular weight excluding hydrogens is 547 g/mol. The molecule has 42 heavy (non-hydrogen) atoms. The summed E-state index contributed by atoms with van der Waals surface area (Å²) in [5.74, 6) is -0.793. The summed E-state index contributed by atoms with van der Waals surface area (Å²) in [4.78, 5) is 27.9. The monoisotopic (exact) mass is 577 g/mol. The van der Waals surface area contributed by atoms with Crippen LogP contribution in [0.25, 0.3) is 16.8 Å². The molecule has 12 heteroatoms. The number of benzene rings is 3. The highest BCUT2D eigenvalue weighted by molar-refractivity contribution is 6.00. The predicted octanol–water partition coefficient (Wildman–Crippen LogP) is 4.44. The summed E-state index contributed by atoms with van der Waals surface area (Å²) >= 11 is 0. The smallest absolute Gasteiger partial charge is 0.344 e. The van der Waals surface area contributed by atoms with Gasteiger partial charge >= 0.3 is 6.18 Å². The number of aromatic nitrogens is 4. The number of hydrogen-bond donors (Lipinski definition) is 2. The quantitative estimate of drug-likeness (QED) is 0.335. The first kappa shape index (κ1) is 28.9.